The van der Waals surface area contributed by atoms with Gasteiger partial charge in [0.2, 0.25) is 29.5 Å². The van der Waals surface area contributed by atoms with Gasteiger partial charge in [-0.2, -0.15) is 0 Å². The Labute approximate surface area is 556 Å². The first-order valence-electron chi connectivity index (χ1n) is 30.0. The van der Waals surface area contributed by atoms with E-state index in [0.717, 1.165) is 52.3 Å². The average molecular weight is 1370 g/mol. The lowest BCUT2D eigenvalue weighted by molar-refractivity contribution is -0.131. The summed E-state index contributed by atoms with van der Waals surface area (Å²) in [6.45, 7) is 22.2. The van der Waals surface area contributed by atoms with Gasteiger partial charge < -0.3 is 67.7 Å². The SMILES string of the molecule is [CH2]C1=N[C@H]2c3csc(n3)[C@H]3NC(=O)c4csc(n4)[C@H]([C@@](C)(O)[C@@H](C)O)NC(=O)[C@H]4CSC(=N4)C(=CC)NC(=O)[CH]NC(=O)c4csc(n4)[C@]2(CC1)NC(=O)[C@H](C)NC(=O)C(=C)NC(=O)[C@H](C)NC(=O)[C@H](C(C)CC)N[C@@H]1C=Cc2c([C@H](C)O)cc(nc2[C@H]1O)C(=O)O[C@@H]3C. The molecular formula is C61H73N15O14S4. The van der Waals surface area contributed by atoms with Gasteiger partial charge in [-0.25, -0.2) is 24.7 Å². The minimum atomic E-state index is -2.11. The number of pyridine rings is 1. The summed E-state index contributed by atoms with van der Waals surface area (Å²) in [4.78, 5) is 156. The Kier molecular flexibility index (Phi) is 21.6. The van der Waals surface area contributed by atoms with E-state index in [-0.39, 0.29) is 84.0 Å². The van der Waals surface area contributed by atoms with E-state index in [1.807, 2.05) is 6.92 Å². The molecule has 4 aromatic heterocycles. The van der Waals surface area contributed by atoms with Gasteiger partial charge in [0.15, 0.2) is 0 Å². The Morgan fingerprint density at radius 2 is 1.52 bits per heavy atom. The molecule has 4 aliphatic heterocycles. The minimum absolute atomic E-state index is 0.00572. The fourth-order valence-electron chi connectivity index (χ4n) is 10.7. The van der Waals surface area contributed by atoms with Crippen molar-refractivity contribution in [3.8, 4) is 0 Å². The molecule has 1 unspecified atom stereocenters. The van der Waals surface area contributed by atoms with Crippen molar-refractivity contribution in [2.45, 2.75) is 165 Å². The maximum atomic E-state index is 14.9. The standard InChI is InChI=1S/C61H73N15O14S4/c1-12-24(3)42-54(87)66-27(6)49(82)64-26(5)48(81)65-28(7)50(83)76-61-17-16-25(4)63-46(61)37-20-92-56(70-37)43(30(9)90-58(88)36-18-33(29(8)77)32-14-15-35(68-42)45(80)44(32)69-36)74-52(85)39-22-93-57(72-39)47(60(11,89)31(10)78)75-53(86)40-21-91-55(71-40)34(13-2)67-41(79)19-62-51(84)38-23-94-59(61)73-38/h13-15,18-20,22-24,27-31,35,40,42-43,45-47,68,77-78,80,89H,4-5,12,16-17,21H2,1-3,6-11H3,(H,62,84)(H,64,82)(H,65,81)(H,66,87)(H,67,79)(H,74,85)(H,75,86)(H,76,83)/t24?,27-,28-,29-,30+,31+,35+,40+,42-,43-,45-,46-,47+,60-,61+/m0/s1. The normalized spacial score (nSPS) is 29.2. The first-order chi connectivity index (χ1) is 44.4. The number of fused-ring (bicyclic) bond motifs is 7. The summed E-state index contributed by atoms with van der Waals surface area (Å²) in [5.74, 6) is -7.99. The predicted octanol–water partition coefficient (Wildman–Crippen LogP) is 2.16. The van der Waals surface area contributed by atoms with Crippen molar-refractivity contribution in [1.82, 2.24) is 67.8 Å². The zero-order valence-corrected chi connectivity index (χ0v) is 55.8. The topological polar surface area (TPSA) is 428 Å². The van der Waals surface area contributed by atoms with Crippen LogP contribution < -0.4 is 47.9 Å². The highest BCUT2D eigenvalue weighted by Gasteiger charge is 2.50. The van der Waals surface area contributed by atoms with E-state index in [1.54, 1.807) is 31.4 Å². The molecule has 5 aliphatic rings. The largest absolute Gasteiger partial charge is 0.455 e. The Bertz CT molecular complexity index is 3820. The lowest BCUT2D eigenvalue weighted by atomic mass is 9.80. The fraction of sp³-hybridized carbons (Fsp3) is 0.459. The molecule has 0 spiro atoms. The van der Waals surface area contributed by atoms with E-state index in [2.05, 4.69) is 76.3 Å². The number of nitrogens with one attached hydrogen (secondary N) is 9. The Morgan fingerprint density at radius 3 is 2.22 bits per heavy atom. The molecule has 13 bridgehead atoms. The lowest BCUT2D eigenvalue weighted by Crippen LogP contribution is -2.57. The lowest BCUT2D eigenvalue weighted by Gasteiger charge is -2.41. The maximum Gasteiger partial charge on any atom is 0.357 e. The molecule has 0 aromatic carbocycles. The van der Waals surface area contributed by atoms with Crippen LogP contribution in [0.4, 0.5) is 0 Å². The van der Waals surface area contributed by atoms with Crippen LogP contribution >= 0.6 is 45.8 Å². The van der Waals surface area contributed by atoms with E-state index in [9.17, 15) is 63.6 Å². The van der Waals surface area contributed by atoms with Crippen LogP contribution in [0.1, 0.15) is 181 Å². The van der Waals surface area contributed by atoms with Crippen LogP contribution in [0.15, 0.2) is 62.3 Å². The number of allylic oxidation sites excluding steroid dienone is 1. The van der Waals surface area contributed by atoms with Gasteiger partial charge in [-0.05, 0) is 85.8 Å². The van der Waals surface area contributed by atoms with Crippen LogP contribution in [-0.4, -0.2) is 158 Å². The summed E-state index contributed by atoms with van der Waals surface area (Å²) >= 11 is 3.92. The number of hydrogen-bond acceptors (Lipinski definition) is 25. The molecule has 29 nitrogen and oxygen atoms in total. The van der Waals surface area contributed by atoms with Gasteiger partial charge in [-0.3, -0.25) is 53.7 Å². The Hall–Kier alpha value is -8.02. The summed E-state index contributed by atoms with van der Waals surface area (Å²) in [6, 6.07) is -8.71. The van der Waals surface area contributed by atoms with Gasteiger partial charge in [0, 0.05) is 33.2 Å². The molecule has 2 radical (unpaired) electrons. The number of aromatic nitrogens is 4. The third-order valence-corrected chi connectivity index (χ3v) is 20.7. The van der Waals surface area contributed by atoms with E-state index < -0.39 is 149 Å². The first kappa shape index (κ1) is 70.3. The van der Waals surface area contributed by atoms with Gasteiger partial charge in [0.1, 0.15) is 103 Å². The summed E-state index contributed by atoms with van der Waals surface area (Å²) < 4.78 is 6.19. The van der Waals surface area contributed by atoms with E-state index in [0.29, 0.717) is 12.1 Å². The number of amides is 8. The molecule has 8 amide bonds. The smallest absolute Gasteiger partial charge is 0.357 e. The second kappa shape index (κ2) is 28.9. The molecule has 15 atom stereocenters. The molecule has 0 fully saturated rings. The highest BCUT2D eigenvalue weighted by molar-refractivity contribution is 8.14. The van der Waals surface area contributed by atoms with Crippen LogP contribution in [-0.2, 0) is 39.0 Å². The number of cyclic esters (lactones) is 1. The third-order valence-electron chi connectivity index (χ3n) is 16.7. The average Bonchev–Trinajstić information content (AvgIpc) is 1.38. The number of ether oxygens (including phenoxy) is 1. The third kappa shape index (κ3) is 14.9. The monoisotopic (exact) mass is 1370 g/mol. The van der Waals surface area contributed by atoms with Gasteiger partial charge in [-0.15, -0.1) is 45.8 Å². The second-order valence-corrected chi connectivity index (χ2v) is 27.2. The molecule has 8 heterocycles. The summed E-state index contributed by atoms with van der Waals surface area (Å²) in [5.41, 5.74) is -4.16. The molecule has 13 N–H and O–H groups in total. The number of carbonyl (C=O) groups excluding carboxylic acids is 9. The van der Waals surface area contributed by atoms with Crippen LogP contribution in [0.3, 0.4) is 0 Å². The van der Waals surface area contributed by atoms with Crippen molar-refractivity contribution >= 4 is 116 Å². The summed E-state index contributed by atoms with van der Waals surface area (Å²) in [7, 11) is 0. The highest BCUT2D eigenvalue weighted by Crippen LogP contribution is 2.47. The molecule has 94 heavy (non-hydrogen) atoms. The van der Waals surface area contributed by atoms with Gasteiger partial charge in [-0.1, -0.05) is 45.1 Å². The van der Waals surface area contributed by atoms with Gasteiger partial charge in [0.25, 0.3) is 17.7 Å². The molecule has 500 valence electrons. The van der Waals surface area contributed by atoms with Crippen molar-refractivity contribution in [2.75, 3.05) is 5.75 Å². The Morgan fingerprint density at radius 1 is 0.819 bits per heavy atom. The molecule has 9 rings (SSSR count). The fourth-order valence-corrected chi connectivity index (χ4v) is 14.8. The number of hydrogen-bond donors (Lipinski definition) is 13. The maximum absolute atomic E-state index is 14.9. The minimum Gasteiger partial charge on any atom is -0.455 e. The number of thioether (sulfide) groups is 1. The number of rotatable bonds is 5. The van der Waals surface area contributed by atoms with Crippen molar-refractivity contribution in [2.24, 2.45) is 15.9 Å². The molecule has 4 aromatic rings. The molecule has 0 saturated carbocycles. The number of aliphatic imine (C=N–C) groups is 2. The number of aliphatic hydroxyl groups is 4. The van der Waals surface area contributed by atoms with Crippen molar-refractivity contribution in [3.05, 3.63) is 120 Å². The number of aliphatic hydroxyl groups excluding tert-OH is 3. The molecule has 33 heteroatoms. The Balaban J connectivity index is 1.19. The van der Waals surface area contributed by atoms with Crippen molar-refractivity contribution in [3.63, 3.8) is 0 Å². The second-order valence-electron chi connectivity index (χ2n) is 23.6. The van der Waals surface area contributed by atoms with Crippen LogP contribution in [0.25, 0.3) is 6.08 Å². The van der Waals surface area contributed by atoms with E-state index >= 15 is 0 Å². The zero-order chi connectivity index (χ0) is 68.4. The number of thiazole rings is 3. The molecular weight excluding hydrogens is 1300 g/mol. The van der Waals surface area contributed by atoms with E-state index in [1.165, 1.54) is 64.4 Å². The number of carbonyl (C=O) groups is 9. The quantitative estimate of drug-likeness (QED) is 0.101. The molecule has 1 aliphatic carbocycles. The van der Waals surface area contributed by atoms with Crippen LogP contribution in [0.5, 0.6) is 0 Å². The van der Waals surface area contributed by atoms with Crippen LogP contribution in [0, 0.1) is 19.4 Å². The summed E-state index contributed by atoms with van der Waals surface area (Å²) in [6.07, 6.45) is -0.433. The molecule has 0 saturated heterocycles. The van der Waals surface area contributed by atoms with Crippen molar-refractivity contribution < 1.29 is 68.3 Å². The zero-order valence-electron chi connectivity index (χ0n) is 52.6. The summed E-state index contributed by atoms with van der Waals surface area (Å²) in [5, 5.41) is 75.4. The predicted molar refractivity (Wildman–Crippen MR) is 348 cm³/mol. The first-order valence-corrected chi connectivity index (χ1v) is 33.7. The van der Waals surface area contributed by atoms with Crippen molar-refractivity contribution in [1.29, 1.82) is 0 Å². The number of nitrogens with zero attached hydrogens (tertiary/aromatic N) is 6. The number of esters is 1. The highest BCUT2D eigenvalue weighted by atomic mass is 32.2. The van der Waals surface area contributed by atoms with Gasteiger partial charge >= 0.3 is 5.97 Å². The van der Waals surface area contributed by atoms with E-state index in [4.69, 9.17) is 19.7 Å². The van der Waals surface area contributed by atoms with Gasteiger partial charge in [0.05, 0.1) is 47.1 Å². The van der Waals surface area contributed by atoms with Crippen LogP contribution in [0.2, 0.25) is 0 Å².